The molecule has 18 heavy (non-hydrogen) atoms. The van der Waals surface area contributed by atoms with Crippen molar-refractivity contribution in [3.63, 3.8) is 0 Å². The van der Waals surface area contributed by atoms with Gasteiger partial charge in [0.25, 0.3) is 0 Å². The minimum Gasteiger partial charge on any atom is -0.357 e. The molecule has 1 saturated carbocycles. The van der Waals surface area contributed by atoms with Crippen molar-refractivity contribution in [2.24, 2.45) is 4.99 Å². The first-order chi connectivity index (χ1) is 8.88. The van der Waals surface area contributed by atoms with Gasteiger partial charge in [0.05, 0.1) is 12.9 Å². The standard InChI is InChI=1S/C13H23N5/c1-2-15-13(17-12-5-3-4-6-12)16-8-10-18-9-7-14-11-18/h7,9,11-12H,2-6,8,10H2,1H3,(H2,15,16,17). The molecular formula is C13H23N5. The SMILES string of the molecule is CCNC(=NCCn1ccnc1)NC1CCCC1. The van der Waals surface area contributed by atoms with Gasteiger partial charge in [-0.2, -0.15) is 0 Å². The van der Waals surface area contributed by atoms with Crippen molar-refractivity contribution in [2.75, 3.05) is 13.1 Å². The van der Waals surface area contributed by atoms with Gasteiger partial charge in [-0.1, -0.05) is 12.8 Å². The lowest BCUT2D eigenvalue weighted by Crippen LogP contribution is -2.42. The molecule has 1 aliphatic carbocycles. The lowest BCUT2D eigenvalue weighted by Gasteiger charge is -2.16. The average Bonchev–Trinajstić information content (AvgIpc) is 3.02. The van der Waals surface area contributed by atoms with Crippen molar-refractivity contribution >= 4 is 5.96 Å². The van der Waals surface area contributed by atoms with E-state index in [-0.39, 0.29) is 0 Å². The van der Waals surface area contributed by atoms with E-state index < -0.39 is 0 Å². The van der Waals surface area contributed by atoms with Gasteiger partial charge in [-0.3, -0.25) is 4.99 Å². The van der Waals surface area contributed by atoms with Crippen LogP contribution in [-0.2, 0) is 6.54 Å². The summed E-state index contributed by atoms with van der Waals surface area (Å²) < 4.78 is 2.04. The van der Waals surface area contributed by atoms with E-state index >= 15 is 0 Å². The van der Waals surface area contributed by atoms with Crippen LogP contribution < -0.4 is 10.6 Å². The number of rotatable bonds is 5. The highest BCUT2D eigenvalue weighted by Gasteiger charge is 2.15. The summed E-state index contributed by atoms with van der Waals surface area (Å²) in [5.74, 6) is 0.949. The number of guanidine groups is 1. The van der Waals surface area contributed by atoms with Crippen molar-refractivity contribution in [1.82, 2.24) is 20.2 Å². The third-order valence-electron chi connectivity index (χ3n) is 3.23. The molecule has 5 heteroatoms. The Balaban J connectivity index is 1.79. The highest BCUT2D eigenvalue weighted by atomic mass is 15.2. The van der Waals surface area contributed by atoms with E-state index in [1.165, 1.54) is 25.7 Å². The monoisotopic (exact) mass is 249 g/mol. The molecule has 1 aliphatic rings. The van der Waals surface area contributed by atoms with E-state index in [4.69, 9.17) is 0 Å². The topological polar surface area (TPSA) is 54.2 Å². The molecule has 100 valence electrons. The van der Waals surface area contributed by atoms with Crippen molar-refractivity contribution in [1.29, 1.82) is 0 Å². The second kappa shape index (κ2) is 7.03. The molecular weight excluding hydrogens is 226 g/mol. The Kier molecular flexibility index (Phi) is 5.05. The summed E-state index contributed by atoms with van der Waals surface area (Å²) in [7, 11) is 0. The Labute approximate surface area is 109 Å². The number of aliphatic imine (C=N–C) groups is 1. The maximum absolute atomic E-state index is 4.60. The zero-order valence-electron chi connectivity index (χ0n) is 11.1. The lowest BCUT2D eigenvalue weighted by atomic mass is 10.2. The Morgan fingerprint density at radius 3 is 2.94 bits per heavy atom. The average molecular weight is 249 g/mol. The van der Waals surface area contributed by atoms with Crippen LogP contribution in [0.4, 0.5) is 0 Å². The van der Waals surface area contributed by atoms with Crippen molar-refractivity contribution in [3.05, 3.63) is 18.7 Å². The summed E-state index contributed by atoms with van der Waals surface area (Å²) >= 11 is 0. The quantitative estimate of drug-likeness (QED) is 0.612. The number of nitrogens with zero attached hydrogens (tertiary/aromatic N) is 3. The molecule has 0 saturated heterocycles. The molecule has 2 N–H and O–H groups in total. The van der Waals surface area contributed by atoms with Gasteiger partial charge in [-0.25, -0.2) is 4.98 Å². The van der Waals surface area contributed by atoms with Gasteiger partial charge < -0.3 is 15.2 Å². The van der Waals surface area contributed by atoms with E-state index in [1.54, 1.807) is 6.20 Å². The maximum Gasteiger partial charge on any atom is 0.191 e. The van der Waals surface area contributed by atoms with E-state index in [0.29, 0.717) is 6.04 Å². The van der Waals surface area contributed by atoms with Gasteiger partial charge in [-0.15, -0.1) is 0 Å². The normalized spacial score (nSPS) is 17.1. The third-order valence-corrected chi connectivity index (χ3v) is 3.23. The molecule has 0 amide bonds. The van der Waals surface area contributed by atoms with Crippen molar-refractivity contribution in [3.8, 4) is 0 Å². The predicted octanol–water partition coefficient (Wildman–Crippen LogP) is 1.38. The predicted molar refractivity (Wildman–Crippen MR) is 73.6 cm³/mol. The van der Waals surface area contributed by atoms with Crippen molar-refractivity contribution in [2.45, 2.75) is 45.2 Å². The number of imidazole rings is 1. The Morgan fingerprint density at radius 1 is 1.44 bits per heavy atom. The summed E-state index contributed by atoms with van der Waals surface area (Å²) in [5, 5.41) is 6.81. The fourth-order valence-electron chi connectivity index (χ4n) is 2.28. The number of nitrogens with one attached hydrogen (secondary N) is 2. The second-order valence-electron chi connectivity index (χ2n) is 4.69. The van der Waals surface area contributed by atoms with Gasteiger partial charge >= 0.3 is 0 Å². The Bertz CT molecular complexity index is 351. The summed E-state index contributed by atoms with van der Waals surface area (Å²) in [6.45, 7) is 4.66. The zero-order valence-corrected chi connectivity index (χ0v) is 11.1. The van der Waals surface area contributed by atoms with Crippen LogP contribution in [0.1, 0.15) is 32.6 Å². The Morgan fingerprint density at radius 2 is 2.28 bits per heavy atom. The molecule has 0 aromatic carbocycles. The molecule has 1 aromatic rings. The summed E-state index contributed by atoms with van der Waals surface area (Å²) in [6.07, 6.45) is 10.8. The van der Waals surface area contributed by atoms with Crippen LogP contribution in [0.15, 0.2) is 23.7 Å². The first kappa shape index (κ1) is 12.9. The molecule has 0 aliphatic heterocycles. The van der Waals surface area contributed by atoms with Gasteiger partial charge in [0.15, 0.2) is 5.96 Å². The highest BCUT2D eigenvalue weighted by Crippen LogP contribution is 2.17. The van der Waals surface area contributed by atoms with Crippen LogP contribution >= 0.6 is 0 Å². The number of hydrogen-bond acceptors (Lipinski definition) is 2. The molecule has 1 aromatic heterocycles. The van der Waals surface area contributed by atoms with Gasteiger partial charge in [-0.05, 0) is 19.8 Å². The van der Waals surface area contributed by atoms with Gasteiger partial charge in [0.1, 0.15) is 0 Å². The van der Waals surface area contributed by atoms with Gasteiger partial charge in [0.2, 0.25) is 0 Å². The maximum atomic E-state index is 4.60. The smallest absolute Gasteiger partial charge is 0.191 e. The third kappa shape index (κ3) is 4.05. The van der Waals surface area contributed by atoms with E-state index in [0.717, 1.165) is 25.6 Å². The first-order valence-corrected chi connectivity index (χ1v) is 6.89. The van der Waals surface area contributed by atoms with Crippen LogP contribution in [0.3, 0.4) is 0 Å². The first-order valence-electron chi connectivity index (χ1n) is 6.89. The number of aromatic nitrogens is 2. The minimum atomic E-state index is 0.607. The van der Waals surface area contributed by atoms with Crippen molar-refractivity contribution < 1.29 is 0 Å². The fraction of sp³-hybridized carbons (Fsp3) is 0.692. The molecule has 5 nitrogen and oxygen atoms in total. The van der Waals surface area contributed by atoms with Crippen LogP contribution in [-0.4, -0.2) is 34.6 Å². The molecule has 1 fully saturated rings. The highest BCUT2D eigenvalue weighted by molar-refractivity contribution is 5.80. The molecule has 1 heterocycles. The van der Waals surface area contributed by atoms with Gasteiger partial charge in [0, 0.05) is 31.5 Å². The fourth-order valence-corrected chi connectivity index (χ4v) is 2.28. The molecule has 0 spiro atoms. The van der Waals surface area contributed by atoms with Crippen LogP contribution in [0.25, 0.3) is 0 Å². The molecule has 0 atom stereocenters. The van der Waals surface area contributed by atoms with E-state index in [2.05, 4.69) is 27.5 Å². The summed E-state index contributed by atoms with van der Waals surface area (Å²) in [4.78, 5) is 8.62. The second-order valence-corrected chi connectivity index (χ2v) is 4.69. The zero-order chi connectivity index (χ0) is 12.6. The molecule has 2 rings (SSSR count). The summed E-state index contributed by atoms with van der Waals surface area (Å²) in [5.41, 5.74) is 0. The van der Waals surface area contributed by atoms with Crippen LogP contribution in [0.5, 0.6) is 0 Å². The Hall–Kier alpha value is -1.52. The molecule has 0 radical (unpaired) electrons. The van der Waals surface area contributed by atoms with E-state index in [9.17, 15) is 0 Å². The summed E-state index contributed by atoms with van der Waals surface area (Å²) in [6, 6.07) is 0.607. The molecule has 0 unspecified atom stereocenters. The molecule has 0 bridgehead atoms. The lowest BCUT2D eigenvalue weighted by molar-refractivity contribution is 0.610. The minimum absolute atomic E-state index is 0.607. The number of hydrogen-bond donors (Lipinski definition) is 2. The van der Waals surface area contributed by atoms with E-state index in [1.807, 2.05) is 17.1 Å². The van der Waals surface area contributed by atoms with Crippen LogP contribution in [0.2, 0.25) is 0 Å². The largest absolute Gasteiger partial charge is 0.357 e. The van der Waals surface area contributed by atoms with Crippen LogP contribution in [0, 0.1) is 0 Å².